The van der Waals surface area contributed by atoms with Gasteiger partial charge in [0.2, 0.25) is 0 Å². The van der Waals surface area contributed by atoms with Crippen molar-refractivity contribution in [3.8, 4) is 0 Å². The summed E-state index contributed by atoms with van der Waals surface area (Å²) in [5.74, 6) is 3.21. The lowest BCUT2D eigenvalue weighted by atomic mass is 9.43. The van der Waals surface area contributed by atoms with Crippen LogP contribution in [0.2, 0.25) is 0 Å². The lowest BCUT2D eigenvalue weighted by Crippen LogP contribution is -2.60. The van der Waals surface area contributed by atoms with E-state index in [4.69, 9.17) is 4.74 Å². The zero-order valence-corrected chi connectivity index (χ0v) is 19.0. The van der Waals surface area contributed by atoms with Crippen LogP contribution < -0.4 is 0 Å². The van der Waals surface area contributed by atoms with Crippen LogP contribution in [0.15, 0.2) is 0 Å². The number of carbonyl (C=O) groups excluding carboxylic acids is 1. The minimum atomic E-state index is -0.112. The van der Waals surface area contributed by atoms with Gasteiger partial charge >= 0.3 is 5.97 Å². The zero-order chi connectivity index (χ0) is 20.5. The van der Waals surface area contributed by atoms with Crippen molar-refractivity contribution < 1.29 is 14.6 Å². The molecule has 0 aromatic heterocycles. The summed E-state index contributed by atoms with van der Waals surface area (Å²) in [6.07, 6.45) is 9.18. The van der Waals surface area contributed by atoms with Gasteiger partial charge in [0.15, 0.2) is 0 Å². The Morgan fingerprint density at radius 3 is 2.31 bits per heavy atom. The van der Waals surface area contributed by atoms with Crippen molar-refractivity contribution in [1.82, 2.24) is 0 Å². The number of aliphatic hydroxyl groups is 1. The first kappa shape index (κ1) is 23.1. The monoisotopic (exact) mass is 406 g/mol. The Morgan fingerprint density at radius 2 is 1.69 bits per heavy atom. The molecular weight excluding hydrogens is 360 g/mol. The molecular formula is C26H46O3. The normalized spacial score (nSPS) is 49.3. The molecule has 0 bridgehead atoms. The molecule has 3 heteroatoms. The molecule has 168 valence electrons. The van der Waals surface area contributed by atoms with Crippen LogP contribution in [-0.4, -0.2) is 23.3 Å². The summed E-state index contributed by atoms with van der Waals surface area (Å²) in [5, 5.41) is 10.3. The van der Waals surface area contributed by atoms with Gasteiger partial charge in [-0.2, -0.15) is 0 Å². The quantitative estimate of drug-likeness (QED) is 0.525. The van der Waals surface area contributed by atoms with Crippen molar-refractivity contribution in [3.63, 3.8) is 0 Å². The molecule has 0 aliphatic heterocycles. The van der Waals surface area contributed by atoms with Gasteiger partial charge in [-0.05, 0) is 91.8 Å². The maximum absolute atomic E-state index is 12.1. The van der Waals surface area contributed by atoms with Gasteiger partial charge in [-0.3, -0.25) is 4.79 Å². The fraction of sp³-hybridized carbons (Fsp3) is 0.962. The highest BCUT2D eigenvalue weighted by Gasteiger charge is 2.65. The van der Waals surface area contributed by atoms with E-state index in [0.29, 0.717) is 29.1 Å². The van der Waals surface area contributed by atoms with Crippen molar-refractivity contribution in [2.24, 2.45) is 45.8 Å². The largest absolute Gasteiger partial charge is 0.462 e. The highest BCUT2D eigenvalue weighted by atomic mass is 16.5. The number of aliphatic hydroxyl groups excluding tert-OH is 1. The van der Waals surface area contributed by atoms with Crippen LogP contribution in [0.4, 0.5) is 0 Å². The molecule has 1 N–H and O–H groups in total. The zero-order valence-electron chi connectivity index (χ0n) is 19.0. The Hall–Kier alpha value is -0.570. The third kappa shape index (κ3) is 3.48. The standard InChI is InChI=1S/C25H42O3.CH4/c1-15(26)28-22-14-20-18(8-7-16-13-17(27)11-12-24(16,20)5)19-9-10-21(23(2,3)4)25(19,22)6;/h16-22,27H,7-14H2,1-6H3;1H4. The lowest BCUT2D eigenvalue weighted by molar-refractivity contribution is -0.199. The Bertz CT molecular complexity index is 622. The Balaban J connectivity index is 0.00000240. The minimum Gasteiger partial charge on any atom is -0.462 e. The molecule has 9 unspecified atom stereocenters. The average Bonchev–Trinajstić information content (AvgIpc) is 2.95. The number of ether oxygens (including phenoxy) is 1. The van der Waals surface area contributed by atoms with E-state index >= 15 is 0 Å². The predicted molar refractivity (Wildman–Crippen MR) is 118 cm³/mol. The van der Waals surface area contributed by atoms with Crippen molar-refractivity contribution in [2.75, 3.05) is 0 Å². The average molecular weight is 407 g/mol. The summed E-state index contributed by atoms with van der Waals surface area (Å²) in [6, 6.07) is 0. The number of rotatable bonds is 1. The Labute approximate surface area is 179 Å². The maximum Gasteiger partial charge on any atom is 0.302 e. The van der Waals surface area contributed by atoms with Crippen LogP contribution in [0.5, 0.6) is 0 Å². The summed E-state index contributed by atoms with van der Waals surface area (Å²) in [7, 11) is 0. The van der Waals surface area contributed by atoms with E-state index in [9.17, 15) is 9.90 Å². The van der Waals surface area contributed by atoms with Gasteiger partial charge in [0.25, 0.3) is 0 Å². The fourth-order valence-corrected chi connectivity index (χ4v) is 8.93. The van der Waals surface area contributed by atoms with Crippen LogP contribution in [0.3, 0.4) is 0 Å². The molecule has 29 heavy (non-hydrogen) atoms. The minimum absolute atomic E-state index is 0. The molecule has 4 aliphatic rings. The number of carbonyl (C=O) groups is 1. The second-order valence-electron chi connectivity index (χ2n) is 12.3. The van der Waals surface area contributed by atoms with Gasteiger partial charge in [-0.1, -0.05) is 42.0 Å². The van der Waals surface area contributed by atoms with E-state index in [1.54, 1.807) is 6.92 Å². The molecule has 9 atom stereocenters. The number of fused-ring (bicyclic) bond motifs is 5. The van der Waals surface area contributed by atoms with Gasteiger partial charge in [-0.15, -0.1) is 0 Å². The van der Waals surface area contributed by atoms with E-state index in [1.807, 2.05) is 0 Å². The molecule has 0 radical (unpaired) electrons. The highest BCUT2D eigenvalue weighted by Crippen LogP contribution is 2.69. The van der Waals surface area contributed by atoms with E-state index in [0.717, 1.165) is 31.6 Å². The molecule has 4 fully saturated rings. The second kappa shape index (κ2) is 7.53. The number of hydrogen-bond donors (Lipinski definition) is 1. The molecule has 4 aliphatic carbocycles. The van der Waals surface area contributed by atoms with Gasteiger partial charge in [0.05, 0.1) is 6.10 Å². The van der Waals surface area contributed by atoms with Gasteiger partial charge in [0.1, 0.15) is 6.10 Å². The molecule has 0 heterocycles. The molecule has 0 aromatic carbocycles. The van der Waals surface area contributed by atoms with Gasteiger partial charge in [-0.25, -0.2) is 0 Å². The molecule has 3 nitrogen and oxygen atoms in total. The number of hydrogen-bond acceptors (Lipinski definition) is 3. The SMILES string of the molecule is C.CC(=O)OC1CC2C(CCC3CC(O)CCC32C)C2CCC(C(C)(C)C)C12C. The van der Waals surface area contributed by atoms with E-state index < -0.39 is 0 Å². The maximum atomic E-state index is 12.1. The summed E-state index contributed by atoms with van der Waals surface area (Å²) in [5.41, 5.74) is 0.648. The van der Waals surface area contributed by atoms with Crippen molar-refractivity contribution in [3.05, 3.63) is 0 Å². The van der Waals surface area contributed by atoms with Crippen LogP contribution in [0.1, 0.15) is 100 Å². The van der Waals surface area contributed by atoms with Gasteiger partial charge < -0.3 is 9.84 Å². The first-order valence-corrected chi connectivity index (χ1v) is 11.8. The Kier molecular flexibility index (Phi) is 6.00. The smallest absolute Gasteiger partial charge is 0.302 e. The van der Waals surface area contributed by atoms with Crippen LogP contribution in [0, 0.1) is 45.8 Å². The lowest BCUT2D eigenvalue weighted by Gasteiger charge is -2.63. The van der Waals surface area contributed by atoms with Crippen molar-refractivity contribution >= 4 is 5.97 Å². The molecule has 4 rings (SSSR count). The van der Waals surface area contributed by atoms with Crippen LogP contribution >= 0.6 is 0 Å². The topological polar surface area (TPSA) is 46.5 Å². The second-order valence-corrected chi connectivity index (χ2v) is 12.3. The molecule has 0 spiro atoms. The number of esters is 1. The van der Waals surface area contributed by atoms with Crippen molar-refractivity contribution in [2.45, 2.75) is 113 Å². The molecule has 4 saturated carbocycles. The van der Waals surface area contributed by atoms with E-state index in [1.165, 1.54) is 25.7 Å². The van der Waals surface area contributed by atoms with E-state index in [-0.39, 0.29) is 36.4 Å². The first-order valence-electron chi connectivity index (χ1n) is 11.8. The van der Waals surface area contributed by atoms with Gasteiger partial charge in [0, 0.05) is 12.3 Å². The van der Waals surface area contributed by atoms with Crippen LogP contribution in [-0.2, 0) is 9.53 Å². The van der Waals surface area contributed by atoms with E-state index in [2.05, 4.69) is 34.6 Å². The fourth-order valence-electron chi connectivity index (χ4n) is 8.93. The predicted octanol–water partition coefficient (Wildman–Crippen LogP) is 6.23. The summed E-state index contributed by atoms with van der Waals surface area (Å²) in [6.45, 7) is 13.7. The molecule has 0 amide bonds. The molecule has 0 saturated heterocycles. The summed E-state index contributed by atoms with van der Waals surface area (Å²) < 4.78 is 6.14. The Morgan fingerprint density at radius 1 is 1.00 bits per heavy atom. The third-order valence-corrected chi connectivity index (χ3v) is 10.1. The van der Waals surface area contributed by atoms with Crippen LogP contribution in [0.25, 0.3) is 0 Å². The van der Waals surface area contributed by atoms with Crippen molar-refractivity contribution in [1.29, 1.82) is 0 Å². The third-order valence-electron chi connectivity index (χ3n) is 10.1. The summed E-state index contributed by atoms with van der Waals surface area (Å²) in [4.78, 5) is 12.1. The highest BCUT2D eigenvalue weighted by molar-refractivity contribution is 5.66. The summed E-state index contributed by atoms with van der Waals surface area (Å²) >= 11 is 0. The molecule has 0 aromatic rings. The first-order chi connectivity index (χ1) is 13.0.